The second-order valence-corrected chi connectivity index (χ2v) is 6.56. The highest BCUT2D eigenvalue weighted by Crippen LogP contribution is 2.24. The normalized spacial score (nSPS) is 10.0. The van der Waals surface area contributed by atoms with Crippen LogP contribution in [0.1, 0.15) is 32.0 Å². The van der Waals surface area contributed by atoms with E-state index in [1.54, 1.807) is 29.7 Å². The van der Waals surface area contributed by atoms with Gasteiger partial charge in [-0.2, -0.15) is 0 Å². The Morgan fingerprint density at radius 1 is 1.04 bits per heavy atom. The zero-order valence-electron chi connectivity index (χ0n) is 13.8. The van der Waals surface area contributed by atoms with Crippen LogP contribution in [0.4, 0.5) is 0 Å². The van der Waals surface area contributed by atoms with Crippen LogP contribution in [-0.2, 0) is 0 Å². The number of carbonyl (C=O) groups is 2. The van der Waals surface area contributed by atoms with Crippen LogP contribution in [0.3, 0.4) is 0 Å². The molecule has 1 heterocycles. The van der Waals surface area contributed by atoms with Gasteiger partial charge in [0.1, 0.15) is 0 Å². The van der Waals surface area contributed by atoms with Gasteiger partial charge in [-0.15, -0.1) is 11.3 Å². The molecule has 3 rings (SSSR count). The second-order valence-electron chi connectivity index (χ2n) is 5.47. The highest BCUT2D eigenvalue weighted by atomic mass is 32.1. The molecule has 130 valence electrons. The summed E-state index contributed by atoms with van der Waals surface area (Å²) in [7, 11) is 0. The van der Waals surface area contributed by atoms with Crippen molar-refractivity contribution in [3.8, 4) is 11.8 Å². The van der Waals surface area contributed by atoms with Crippen LogP contribution >= 0.6 is 11.3 Å². The molecule has 0 aliphatic heterocycles. The molecule has 0 spiro atoms. The molecule has 0 aliphatic carbocycles. The Labute approximate surface area is 154 Å². The molecule has 0 radical (unpaired) electrons. The summed E-state index contributed by atoms with van der Waals surface area (Å²) >= 11 is 1.47. The van der Waals surface area contributed by atoms with Crippen molar-refractivity contribution in [1.29, 1.82) is 0 Å². The maximum Gasteiger partial charge on any atom is 0.274 e. The Morgan fingerprint density at radius 2 is 1.81 bits per heavy atom. The summed E-state index contributed by atoms with van der Waals surface area (Å²) in [4.78, 5) is 24.1. The van der Waals surface area contributed by atoms with Gasteiger partial charge in [0.05, 0.1) is 4.88 Å². The van der Waals surface area contributed by atoms with Gasteiger partial charge in [0.2, 0.25) is 0 Å². The van der Waals surface area contributed by atoms with E-state index in [0.29, 0.717) is 23.4 Å². The van der Waals surface area contributed by atoms with Gasteiger partial charge in [0.15, 0.2) is 0 Å². The molecule has 6 heteroatoms. The Hall–Kier alpha value is -3.14. The molecule has 0 atom stereocenters. The van der Waals surface area contributed by atoms with Gasteiger partial charge in [-0.3, -0.25) is 14.8 Å². The van der Waals surface area contributed by atoms with Gasteiger partial charge in [0, 0.05) is 28.8 Å². The van der Waals surface area contributed by atoms with Crippen LogP contribution in [0.25, 0.3) is 10.1 Å². The molecule has 2 aromatic carbocycles. The lowest BCUT2D eigenvalue weighted by atomic mass is 10.1. The molecule has 3 aromatic rings. The fourth-order valence-corrected chi connectivity index (χ4v) is 3.33. The van der Waals surface area contributed by atoms with Crippen molar-refractivity contribution < 1.29 is 14.8 Å². The zero-order chi connectivity index (χ0) is 18.4. The first-order valence-electron chi connectivity index (χ1n) is 7.97. The van der Waals surface area contributed by atoms with Crippen molar-refractivity contribution >= 4 is 33.2 Å². The molecule has 26 heavy (non-hydrogen) atoms. The Balaban J connectivity index is 1.50. The van der Waals surface area contributed by atoms with E-state index < -0.39 is 5.91 Å². The van der Waals surface area contributed by atoms with E-state index in [0.717, 1.165) is 15.6 Å². The summed E-state index contributed by atoms with van der Waals surface area (Å²) in [6.45, 7) is 0.463. The maximum atomic E-state index is 12.2. The second kappa shape index (κ2) is 8.30. The maximum absolute atomic E-state index is 12.2. The summed E-state index contributed by atoms with van der Waals surface area (Å²) in [5.74, 6) is 5.31. The molecular weight excluding hydrogens is 348 g/mol. The minimum Gasteiger partial charge on any atom is -0.350 e. The van der Waals surface area contributed by atoms with Crippen LogP contribution in [0, 0.1) is 11.8 Å². The van der Waals surface area contributed by atoms with Gasteiger partial charge in [-0.1, -0.05) is 30.0 Å². The minimum absolute atomic E-state index is 0.0904. The molecule has 5 nitrogen and oxygen atoms in total. The number of nitrogens with one attached hydrogen (secondary N) is 2. The van der Waals surface area contributed by atoms with Crippen LogP contribution in [-0.4, -0.2) is 23.6 Å². The lowest BCUT2D eigenvalue weighted by Crippen LogP contribution is -2.23. The number of carbonyl (C=O) groups excluding carboxylic acids is 2. The van der Waals surface area contributed by atoms with Gasteiger partial charge in [-0.25, -0.2) is 5.48 Å². The smallest absolute Gasteiger partial charge is 0.274 e. The number of rotatable bonds is 4. The third kappa shape index (κ3) is 4.28. The van der Waals surface area contributed by atoms with E-state index in [-0.39, 0.29) is 5.91 Å². The van der Waals surface area contributed by atoms with Gasteiger partial charge < -0.3 is 5.32 Å². The van der Waals surface area contributed by atoms with Crippen LogP contribution in [0.15, 0.2) is 54.6 Å². The van der Waals surface area contributed by atoms with E-state index in [4.69, 9.17) is 5.21 Å². The highest BCUT2D eigenvalue weighted by molar-refractivity contribution is 7.20. The largest absolute Gasteiger partial charge is 0.350 e. The number of hydrogen-bond donors (Lipinski definition) is 3. The quantitative estimate of drug-likeness (QED) is 0.288. The average Bonchev–Trinajstić information content (AvgIpc) is 3.12. The van der Waals surface area contributed by atoms with Gasteiger partial charge in [-0.05, 0) is 41.8 Å². The first-order valence-corrected chi connectivity index (χ1v) is 8.79. The van der Waals surface area contributed by atoms with Gasteiger partial charge >= 0.3 is 0 Å². The number of hydrogen-bond acceptors (Lipinski definition) is 4. The van der Waals surface area contributed by atoms with Crippen LogP contribution in [0.2, 0.25) is 0 Å². The van der Waals surface area contributed by atoms with E-state index in [1.165, 1.54) is 11.3 Å². The fraction of sp³-hybridized carbons (Fsp3) is 0.100. The third-order valence-electron chi connectivity index (χ3n) is 3.67. The molecule has 0 saturated heterocycles. The van der Waals surface area contributed by atoms with Crippen molar-refractivity contribution in [3.05, 3.63) is 70.6 Å². The van der Waals surface area contributed by atoms with Crippen molar-refractivity contribution in [3.63, 3.8) is 0 Å². The Bertz CT molecular complexity index is 964. The number of benzene rings is 2. The molecule has 1 aromatic heterocycles. The monoisotopic (exact) mass is 364 g/mol. The van der Waals surface area contributed by atoms with E-state index in [9.17, 15) is 9.59 Å². The van der Waals surface area contributed by atoms with Crippen molar-refractivity contribution in [1.82, 2.24) is 10.8 Å². The number of fused-ring (bicyclic) bond motifs is 1. The minimum atomic E-state index is -0.562. The SMILES string of the molecule is O=C(NO)c1ccc(C#CCCNC(=O)c2cc3ccccc3s2)cc1. The molecule has 2 amide bonds. The molecule has 0 unspecified atom stereocenters. The highest BCUT2D eigenvalue weighted by Gasteiger charge is 2.08. The van der Waals surface area contributed by atoms with Gasteiger partial charge in [0.25, 0.3) is 11.8 Å². The Kier molecular flexibility index (Phi) is 5.64. The van der Waals surface area contributed by atoms with E-state index in [2.05, 4.69) is 17.2 Å². The lowest BCUT2D eigenvalue weighted by molar-refractivity contribution is 0.0706. The standard InChI is InChI=1S/C20H16N2O3S/c23-19(22-25)15-10-8-14(9-11-15)5-3-4-12-21-20(24)18-13-16-6-1-2-7-17(16)26-18/h1-2,6-11,13,25H,4,12H2,(H,21,24)(H,22,23). The molecule has 0 fully saturated rings. The number of amides is 2. The topological polar surface area (TPSA) is 78.4 Å². The van der Waals surface area contributed by atoms with Crippen molar-refractivity contribution in [2.45, 2.75) is 6.42 Å². The predicted molar refractivity (Wildman–Crippen MR) is 101 cm³/mol. The third-order valence-corrected chi connectivity index (χ3v) is 4.78. The molecule has 3 N–H and O–H groups in total. The first-order chi connectivity index (χ1) is 12.7. The molecule has 0 saturated carbocycles. The lowest BCUT2D eigenvalue weighted by Gasteiger charge is -1.99. The Morgan fingerprint density at radius 3 is 2.54 bits per heavy atom. The summed E-state index contributed by atoms with van der Waals surface area (Å²) < 4.78 is 1.09. The van der Waals surface area contributed by atoms with Crippen molar-refractivity contribution in [2.75, 3.05) is 6.54 Å². The van der Waals surface area contributed by atoms with Crippen molar-refractivity contribution in [2.24, 2.45) is 0 Å². The summed E-state index contributed by atoms with van der Waals surface area (Å²) in [6, 6.07) is 16.4. The van der Waals surface area contributed by atoms with E-state index in [1.807, 2.05) is 30.3 Å². The van der Waals surface area contributed by atoms with Crippen LogP contribution < -0.4 is 10.8 Å². The average molecular weight is 364 g/mol. The van der Waals surface area contributed by atoms with E-state index >= 15 is 0 Å². The number of hydroxylamine groups is 1. The fourth-order valence-electron chi connectivity index (χ4n) is 2.35. The summed E-state index contributed by atoms with van der Waals surface area (Å²) in [5.41, 5.74) is 2.69. The zero-order valence-corrected chi connectivity index (χ0v) is 14.6. The molecule has 0 bridgehead atoms. The summed E-state index contributed by atoms with van der Waals surface area (Å²) in [6.07, 6.45) is 0.523. The summed E-state index contributed by atoms with van der Waals surface area (Å²) in [5, 5.41) is 12.5. The number of thiophene rings is 1. The molecule has 0 aliphatic rings. The molecular formula is C20H16N2O3S. The predicted octanol–water partition coefficient (Wildman–Crippen LogP) is 3.19. The van der Waals surface area contributed by atoms with Crippen LogP contribution in [0.5, 0.6) is 0 Å². The first kappa shape index (κ1) is 17.7.